The maximum atomic E-state index is 3.64. The molecule has 1 nitrogen and oxygen atoms in total. The molecule has 2 aliphatic rings. The highest BCUT2D eigenvalue weighted by Gasteiger charge is 2.40. The van der Waals surface area contributed by atoms with Gasteiger partial charge >= 0.3 is 0 Å². The Balaban J connectivity index is 1.56. The van der Waals surface area contributed by atoms with Crippen molar-refractivity contribution in [3.8, 4) is 0 Å². The second kappa shape index (κ2) is 3.37. The van der Waals surface area contributed by atoms with Crippen LogP contribution in [0.15, 0.2) is 0 Å². The molecular formula is C11H21N. The summed E-state index contributed by atoms with van der Waals surface area (Å²) in [6.45, 7) is 4.92. The zero-order valence-electron chi connectivity index (χ0n) is 8.23. The molecule has 0 unspecified atom stereocenters. The maximum absolute atomic E-state index is 3.64. The van der Waals surface area contributed by atoms with Gasteiger partial charge in [0.2, 0.25) is 0 Å². The predicted molar refractivity (Wildman–Crippen MR) is 52.2 cm³/mol. The molecular weight excluding hydrogens is 146 g/mol. The van der Waals surface area contributed by atoms with Crippen LogP contribution >= 0.6 is 0 Å². The number of rotatable bonds is 5. The smallest absolute Gasteiger partial charge is 0.000783 e. The van der Waals surface area contributed by atoms with Crippen LogP contribution in [0.2, 0.25) is 0 Å². The Hall–Kier alpha value is -0.0400. The minimum absolute atomic E-state index is 0.740. The average molecular weight is 167 g/mol. The van der Waals surface area contributed by atoms with Gasteiger partial charge in [-0.3, -0.25) is 0 Å². The van der Waals surface area contributed by atoms with Crippen molar-refractivity contribution in [1.82, 2.24) is 5.32 Å². The summed E-state index contributed by atoms with van der Waals surface area (Å²) in [5.41, 5.74) is 0.740. The molecule has 0 aromatic heterocycles. The fourth-order valence-corrected chi connectivity index (χ4v) is 2.07. The Morgan fingerprint density at radius 1 is 1.33 bits per heavy atom. The number of hydrogen-bond acceptors (Lipinski definition) is 1. The Morgan fingerprint density at radius 2 is 2.08 bits per heavy atom. The van der Waals surface area contributed by atoms with E-state index in [-0.39, 0.29) is 0 Å². The van der Waals surface area contributed by atoms with Crippen molar-refractivity contribution in [2.45, 2.75) is 45.4 Å². The summed E-state index contributed by atoms with van der Waals surface area (Å²) in [7, 11) is 0. The molecule has 2 rings (SSSR count). The van der Waals surface area contributed by atoms with Crippen LogP contribution in [0, 0.1) is 11.3 Å². The van der Waals surface area contributed by atoms with Gasteiger partial charge in [0.25, 0.3) is 0 Å². The van der Waals surface area contributed by atoms with Gasteiger partial charge in [-0.05, 0) is 50.0 Å². The highest BCUT2D eigenvalue weighted by atomic mass is 14.9. The molecule has 0 aliphatic heterocycles. The largest absolute Gasteiger partial charge is 0.316 e. The van der Waals surface area contributed by atoms with Gasteiger partial charge in [0.15, 0.2) is 0 Å². The number of hydrogen-bond donors (Lipinski definition) is 1. The van der Waals surface area contributed by atoms with Crippen molar-refractivity contribution in [2.24, 2.45) is 11.3 Å². The minimum Gasteiger partial charge on any atom is -0.316 e. The van der Waals surface area contributed by atoms with Crippen molar-refractivity contribution >= 4 is 0 Å². The summed E-state index contributed by atoms with van der Waals surface area (Å²) in [5, 5.41) is 3.64. The van der Waals surface area contributed by atoms with E-state index in [1.807, 2.05) is 0 Å². The Morgan fingerprint density at radius 3 is 2.50 bits per heavy atom. The monoisotopic (exact) mass is 167 g/mol. The predicted octanol–water partition coefficient (Wildman–Crippen LogP) is 2.57. The van der Waals surface area contributed by atoms with E-state index in [0.29, 0.717) is 0 Å². The minimum atomic E-state index is 0.740. The van der Waals surface area contributed by atoms with E-state index in [1.165, 1.54) is 51.6 Å². The third-order valence-electron chi connectivity index (χ3n) is 3.86. The lowest BCUT2D eigenvalue weighted by atomic mass is 9.85. The fourth-order valence-electron chi connectivity index (χ4n) is 2.07. The van der Waals surface area contributed by atoms with E-state index in [2.05, 4.69) is 12.2 Å². The van der Waals surface area contributed by atoms with E-state index >= 15 is 0 Å². The summed E-state index contributed by atoms with van der Waals surface area (Å²) >= 11 is 0. The van der Waals surface area contributed by atoms with Gasteiger partial charge in [-0.15, -0.1) is 0 Å². The van der Waals surface area contributed by atoms with Crippen LogP contribution in [-0.4, -0.2) is 13.1 Å². The molecule has 0 aromatic carbocycles. The molecule has 70 valence electrons. The molecule has 0 spiro atoms. The van der Waals surface area contributed by atoms with Crippen molar-refractivity contribution in [3.05, 3.63) is 0 Å². The quantitative estimate of drug-likeness (QED) is 0.663. The SMILES string of the molecule is CCC1(CNCC2CCC2)CC1. The molecule has 0 radical (unpaired) electrons. The van der Waals surface area contributed by atoms with Crippen LogP contribution in [0.3, 0.4) is 0 Å². The molecule has 0 atom stereocenters. The second-order valence-corrected chi connectivity index (χ2v) is 4.78. The van der Waals surface area contributed by atoms with Crippen LogP contribution in [0.1, 0.15) is 45.4 Å². The lowest BCUT2D eigenvalue weighted by molar-refractivity contribution is 0.290. The van der Waals surface area contributed by atoms with Gasteiger partial charge in [0.1, 0.15) is 0 Å². The third-order valence-corrected chi connectivity index (χ3v) is 3.86. The van der Waals surface area contributed by atoms with Crippen LogP contribution in [0.4, 0.5) is 0 Å². The van der Waals surface area contributed by atoms with Crippen molar-refractivity contribution in [1.29, 1.82) is 0 Å². The topological polar surface area (TPSA) is 12.0 Å². The standard InChI is InChI=1S/C11H21N/c1-2-11(6-7-11)9-12-8-10-4-3-5-10/h10,12H,2-9H2,1H3. The zero-order valence-corrected chi connectivity index (χ0v) is 8.23. The van der Waals surface area contributed by atoms with E-state index in [0.717, 1.165) is 11.3 Å². The van der Waals surface area contributed by atoms with Crippen LogP contribution < -0.4 is 5.32 Å². The van der Waals surface area contributed by atoms with E-state index in [9.17, 15) is 0 Å². The maximum Gasteiger partial charge on any atom is 0.000783 e. The molecule has 2 aliphatic carbocycles. The Bertz CT molecular complexity index is 145. The molecule has 0 bridgehead atoms. The van der Waals surface area contributed by atoms with Crippen LogP contribution in [-0.2, 0) is 0 Å². The molecule has 1 heteroatoms. The van der Waals surface area contributed by atoms with E-state index in [1.54, 1.807) is 0 Å². The highest BCUT2D eigenvalue weighted by molar-refractivity contribution is 4.93. The summed E-state index contributed by atoms with van der Waals surface area (Å²) < 4.78 is 0. The van der Waals surface area contributed by atoms with Gasteiger partial charge in [-0.1, -0.05) is 13.3 Å². The van der Waals surface area contributed by atoms with Gasteiger partial charge in [0.05, 0.1) is 0 Å². The van der Waals surface area contributed by atoms with Crippen molar-refractivity contribution in [2.75, 3.05) is 13.1 Å². The first-order chi connectivity index (χ1) is 5.85. The summed E-state index contributed by atoms with van der Waals surface area (Å²) in [6, 6.07) is 0. The number of nitrogens with one attached hydrogen (secondary N) is 1. The third kappa shape index (κ3) is 1.82. The summed E-state index contributed by atoms with van der Waals surface area (Å²) in [5.74, 6) is 1.03. The first-order valence-corrected chi connectivity index (χ1v) is 5.55. The normalized spacial score (nSPS) is 26.8. The Kier molecular flexibility index (Phi) is 2.40. The van der Waals surface area contributed by atoms with E-state index in [4.69, 9.17) is 0 Å². The van der Waals surface area contributed by atoms with Gasteiger partial charge in [-0.25, -0.2) is 0 Å². The molecule has 1 N–H and O–H groups in total. The van der Waals surface area contributed by atoms with Crippen LogP contribution in [0.25, 0.3) is 0 Å². The van der Waals surface area contributed by atoms with Crippen molar-refractivity contribution < 1.29 is 0 Å². The highest BCUT2D eigenvalue weighted by Crippen LogP contribution is 2.47. The fraction of sp³-hybridized carbons (Fsp3) is 1.00. The molecule has 0 heterocycles. The molecule has 12 heavy (non-hydrogen) atoms. The Labute approximate surface area is 75.9 Å². The first kappa shape index (κ1) is 8.55. The molecule has 0 amide bonds. The molecule has 2 fully saturated rings. The lowest BCUT2D eigenvalue weighted by Crippen LogP contribution is -2.31. The summed E-state index contributed by atoms with van der Waals surface area (Å²) in [4.78, 5) is 0. The van der Waals surface area contributed by atoms with Gasteiger partial charge < -0.3 is 5.32 Å². The summed E-state index contributed by atoms with van der Waals surface area (Å²) in [6.07, 6.45) is 8.76. The second-order valence-electron chi connectivity index (χ2n) is 4.78. The van der Waals surface area contributed by atoms with Crippen LogP contribution in [0.5, 0.6) is 0 Å². The van der Waals surface area contributed by atoms with E-state index < -0.39 is 0 Å². The molecule has 0 saturated heterocycles. The van der Waals surface area contributed by atoms with Crippen molar-refractivity contribution in [3.63, 3.8) is 0 Å². The first-order valence-electron chi connectivity index (χ1n) is 5.55. The van der Waals surface area contributed by atoms with Gasteiger partial charge in [0, 0.05) is 6.54 Å². The zero-order chi connectivity index (χ0) is 8.44. The lowest BCUT2D eigenvalue weighted by Gasteiger charge is -2.26. The average Bonchev–Trinajstić information content (AvgIpc) is 2.76. The molecule has 0 aromatic rings. The van der Waals surface area contributed by atoms with Gasteiger partial charge in [-0.2, -0.15) is 0 Å². The molecule has 2 saturated carbocycles.